The molecule has 0 unspecified atom stereocenters. The molecule has 0 aliphatic carbocycles. The van der Waals surface area contributed by atoms with Crippen LogP contribution < -0.4 is 21.7 Å². The van der Waals surface area contributed by atoms with Gasteiger partial charge >= 0.3 is 0 Å². The molecule has 7 nitrogen and oxygen atoms in total. The maximum absolute atomic E-state index is 12.1. The molecule has 0 saturated carbocycles. The third kappa shape index (κ3) is 6.89. The normalized spacial score (nSPS) is 11.1. The van der Waals surface area contributed by atoms with Gasteiger partial charge in [-0.05, 0) is 35.9 Å². The average Bonchev–Trinajstić information content (AvgIpc) is 2.61. The number of aliphatic imine (C=N–C) groups is 1. The van der Waals surface area contributed by atoms with Crippen molar-refractivity contribution < 1.29 is 17.3 Å². The van der Waals surface area contributed by atoms with E-state index in [0.717, 1.165) is 10.0 Å². The van der Waals surface area contributed by atoms with E-state index in [1.165, 1.54) is 12.1 Å². The lowest BCUT2D eigenvalue weighted by Crippen LogP contribution is -2.22. The van der Waals surface area contributed by atoms with Crippen LogP contribution in [0.15, 0.2) is 56.8 Å². The summed E-state index contributed by atoms with van der Waals surface area (Å²) in [5.74, 6) is 0.506. The van der Waals surface area contributed by atoms with Crippen LogP contribution in [0.25, 0.3) is 0 Å². The second kappa shape index (κ2) is 9.77. The molecule has 0 fully saturated rings. The largest absolute Gasteiger partial charge is 0.494 e. The highest BCUT2D eigenvalue weighted by Crippen LogP contribution is 2.17. The van der Waals surface area contributed by atoms with E-state index in [9.17, 15) is 8.42 Å². The molecule has 0 aromatic heterocycles. The van der Waals surface area contributed by atoms with E-state index in [2.05, 4.69) is 20.9 Å². The van der Waals surface area contributed by atoms with Crippen LogP contribution in [0, 0.1) is 0 Å². The number of hydrogen-bond acceptors (Lipinski definition) is 5. The van der Waals surface area contributed by atoms with Crippen LogP contribution in [-0.4, -0.2) is 35.4 Å². The molecular formula is C17H19BBrN3O4S. The number of nitrogens with two attached hydrogens (primary N) is 2. The van der Waals surface area contributed by atoms with E-state index in [1.807, 2.05) is 0 Å². The molecule has 0 atom stereocenters. The molecule has 0 heterocycles. The zero-order chi connectivity index (χ0) is 19.9. The fourth-order valence-electron chi connectivity index (χ4n) is 2.09. The number of nitrogens with zero attached hydrogens (tertiary/aromatic N) is 1. The SMILES string of the molecule is [B]c1cc(CN=C(N)N)ccc1OCCCOS(=O)(=O)c1ccc(Br)cc1. The molecule has 0 aliphatic rings. The Kier molecular flexibility index (Phi) is 7.70. The highest BCUT2D eigenvalue weighted by Gasteiger charge is 2.14. The Morgan fingerprint density at radius 3 is 2.44 bits per heavy atom. The number of guanidine groups is 1. The summed E-state index contributed by atoms with van der Waals surface area (Å²) in [7, 11) is 2.15. The standard InChI is InChI=1S/C17H19BBrN3O4S/c18-15-10-12(11-22-17(20)21)2-7-16(15)25-8-1-9-26-27(23,24)14-5-3-13(19)4-6-14/h2-7,10H,1,8-9,11H2,(H4,20,21,22). The van der Waals surface area contributed by atoms with Crippen LogP contribution in [0.2, 0.25) is 0 Å². The van der Waals surface area contributed by atoms with Crippen LogP contribution in [0.4, 0.5) is 0 Å². The molecule has 0 saturated heterocycles. The molecule has 0 amide bonds. The first-order valence-corrected chi connectivity index (χ1v) is 10.2. The van der Waals surface area contributed by atoms with Crippen LogP contribution in [0.1, 0.15) is 12.0 Å². The minimum atomic E-state index is -3.78. The molecule has 2 radical (unpaired) electrons. The van der Waals surface area contributed by atoms with E-state index in [1.54, 1.807) is 30.3 Å². The van der Waals surface area contributed by atoms with Crippen molar-refractivity contribution in [1.82, 2.24) is 0 Å². The Hall–Kier alpha value is -2.04. The summed E-state index contributed by atoms with van der Waals surface area (Å²) in [4.78, 5) is 4.01. The topological polar surface area (TPSA) is 117 Å². The van der Waals surface area contributed by atoms with Crippen molar-refractivity contribution in [2.75, 3.05) is 13.2 Å². The summed E-state index contributed by atoms with van der Waals surface area (Å²) >= 11 is 3.25. The van der Waals surface area contributed by atoms with Gasteiger partial charge in [-0.1, -0.05) is 33.5 Å². The zero-order valence-corrected chi connectivity index (χ0v) is 16.9. The number of halogens is 1. The summed E-state index contributed by atoms with van der Waals surface area (Å²) in [6.45, 7) is 0.586. The van der Waals surface area contributed by atoms with E-state index < -0.39 is 10.1 Å². The van der Waals surface area contributed by atoms with Crippen LogP contribution in [0.5, 0.6) is 5.75 Å². The Balaban J connectivity index is 1.79. The Morgan fingerprint density at radius 2 is 1.81 bits per heavy atom. The van der Waals surface area contributed by atoms with Crippen LogP contribution >= 0.6 is 15.9 Å². The summed E-state index contributed by atoms with van der Waals surface area (Å²) in [6, 6.07) is 11.5. The average molecular weight is 452 g/mol. The van der Waals surface area contributed by atoms with Crippen molar-refractivity contribution in [2.45, 2.75) is 17.9 Å². The van der Waals surface area contributed by atoms with E-state index in [-0.39, 0.29) is 24.1 Å². The molecule has 142 valence electrons. The zero-order valence-electron chi connectivity index (χ0n) is 14.5. The van der Waals surface area contributed by atoms with Gasteiger partial charge in [0.15, 0.2) is 5.96 Å². The first kappa shape index (κ1) is 21.3. The van der Waals surface area contributed by atoms with Gasteiger partial charge in [-0.2, -0.15) is 8.42 Å². The summed E-state index contributed by atoms with van der Waals surface area (Å²) in [5.41, 5.74) is 11.9. The number of benzene rings is 2. The minimum absolute atomic E-state index is 0.000870. The second-order valence-electron chi connectivity index (χ2n) is 5.55. The van der Waals surface area contributed by atoms with Crippen molar-refractivity contribution in [2.24, 2.45) is 16.5 Å². The minimum Gasteiger partial charge on any atom is -0.494 e. The second-order valence-corrected chi connectivity index (χ2v) is 8.08. The van der Waals surface area contributed by atoms with E-state index >= 15 is 0 Å². The molecule has 4 N–H and O–H groups in total. The maximum atomic E-state index is 12.1. The van der Waals surface area contributed by atoms with Gasteiger partial charge in [0.05, 0.1) is 24.7 Å². The molecule has 0 spiro atoms. The van der Waals surface area contributed by atoms with Gasteiger partial charge < -0.3 is 16.2 Å². The van der Waals surface area contributed by atoms with E-state index in [4.69, 9.17) is 28.2 Å². The Labute approximate surface area is 168 Å². The van der Waals surface area contributed by atoms with Crippen molar-refractivity contribution >= 4 is 45.3 Å². The molecule has 2 rings (SSSR count). The maximum Gasteiger partial charge on any atom is 0.296 e. The molecule has 27 heavy (non-hydrogen) atoms. The Bertz CT molecular complexity index is 901. The van der Waals surface area contributed by atoms with Crippen molar-refractivity contribution in [3.8, 4) is 5.75 Å². The summed E-state index contributed by atoms with van der Waals surface area (Å²) < 4.78 is 35.5. The predicted octanol–water partition coefficient (Wildman–Crippen LogP) is 1.19. The van der Waals surface area contributed by atoms with Gasteiger partial charge in [0.1, 0.15) is 13.6 Å². The quantitative estimate of drug-likeness (QED) is 0.194. The fourth-order valence-corrected chi connectivity index (χ4v) is 3.30. The third-order valence-electron chi connectivity index (χ3n) is 3.41. The summed E-state index contributed by atoms with van der Waals surface area (Å²) in [5, 5.41) is 0. The Morgan fingerprint density at radius 1 is 1.11 bits per heavy atom. The van der Waals surface area contributed by atoms with Crippen LogP contribution in [-0.2, 0) is 20.8 Å². The van der Waals surface area contributed by atoms with Gasteiger partial charge in [0.2, 0.25) is 0 Å². The van der Waals surface area contributed by atoms with Crippen molar-refractivity contribution in [3.63, 3.8) is 0 Å². The monoisotopic (exact) mass is 451 g/mol. The smallest absolute Gasteiger partial charge is 0.296 e. The van der Waals surface area contributed by atoms with Gasteiger partial charge in [-0.25, -0.2) is 4.99 Å². The molecule has 10 heteroatoms. The fraction of sp³-hybridized carbons (Fsp3) is 0.235. The molecule has 2 aromatic rings. The van der Waals surface area contributed by atoms with E-state index in [0.29, 0.717) is 24.2 Å². The number of ether oxygens (including phenoxy) is 1. The van der Waals surface area contributed by atoms with Gasteiger partial charge in [-0.3, -0.25) is 4.18 Å². The van der Waals surface area contributed by atoms with Gasteiger partial charge in [0.25, 0.3) is 10.1 Å². The lowest BCUT2D eigenvalue weighted by atomic mass is 9.93. The van der Waals surface area contributed by atoms with Crippen molar-refractivity contribution in [3.05, 3.63) is 52.5 Å². The lowest BCUT2D eigenvalue weighted by Gasteiger charge is -2.11. The van der Waals surface area contributed by atoms with Gasteiger partial charge in [-0.15, -0.1) is 0 Å². The molecular weight excluding hydrogens is 433 g/mol. The van der Waals surface area contributed by atoms with Crippen LogP contribution in [0.3, 0.4) is 0 Å². The number of rotatable bonds is 9. The van der Waals surface area contributed by atoms with Gasteiger partial charge in [0, 0.05) is 10.9 Å². The predicted molar refractivity (Wildman–Crippen MR) is 109 cm³/mol. The first-order valence-electron chi connectivity index (χ1n) is 7.99. The highest BCUT2D eigenvalue weighted by atomic mass is 79.9. The highest BCUT2D eigenvalue weighted by molar-refractivity contribution is 9.10. The molecule has 0 aliphatic heterocycles. The molecule has 2 aromatic carbocycles. The first-order chi connectivity index (χ1) is 12.8. The third-order valence-corrected chi connectivity index (χ3v) is 5.26. The van der Waals surface area contributed by atoms with Crippen molar-refractivity contribution in [1.29, 1.82) is 0 Å². The summed E-state index contributed by atoms with van der Waals surface area (Å²) in [6.07, 6.45) is 0.380. The lowest BCUT2D eigenvalue weighted by molar-refractivity contribution is 0.251. The number of hydrogen-bond donors (Lipinski definition) is 2. The molecule has 0 bridgehead atoms.